The van der Waals surface area contributed by atoms with Crippen molar-refractivity contribution in [2.45, 2.75) is 216 Å². The first-order chi connectivity index (χ1) is 48.3. The summed E-state index contributed by atoms with van der Waals surface area (Å²) in [4.78, 5) is 103. The van der Waals surface area contributed by atoms with Crippen molar-refractivity contribution >= 4 is 65.0 Å². The van der Waals surface area contributed by atoms with Crippen molar-refractivity contribution in [1.82, 2.24) is 16.0 Å². The van der Waals surface area contributed by atoms with Gasteiger partial charge in [0.25, 0.3) is 0 Å². The number of ketones is 2. The number of nitrogens with zero attached hydrogens (tertiary/aromatic N) is 6. The number of aromatic hydroxyl groups is 2. The fourth-order valence-corrected chi connectivity index (χ4v) is 17.9. The predicted octanol–water partition coefficient (Wildman–Crippen LogP) is 8.38. The molecule has 5 amide bonds. The van der Waals surface area contributed by atoms with Crippen LogP contribution in [0.1, 0.15) is 160 Å². The summed E-state index contributed by atoms with van der Waals surface area (Å²) in [5.74, 6) is 1.50. The van der Waals surface area contributed by atoms with Gasteiger partial charge in [-0.15, -0.1) is 0 Å². The van der Waals surface area contributed by atoms with Gasteiger partial charge in [0.15, 0.2) is 52.7 Å². The molecule has 4 bridgehead atoms. The van der Waals surface area contributed by atoms with Gasteiger partial charge in [-0.25, -0.2) is 14.4 Å². The third-order valence-corrected chi connectivity index (χ3v) is 22.4. The first-order valence-corrected chi connectivity index (χ1v) is 36.2. The number of halogens is 2. The highest BCUT2D eigenvalue weighted by Crippen LogP contribution is 2.66. The molecule has 0 aromatic heterocycles. The highest BCUT2D eigenvalue weighted by atomic mass is 19.0. The lowest BCUT2D eigenvalue weighted by molar-refractivity contribution is -0.957. The number of carbonyl (C=O) groups is 7. The summed E-state index contributed by atoms with van der Waals surface area (Å²) in [5.41, 5.74) is 22.0. The Balaban J connectivity index is 0.000000257. The van der Waals surface area contributed by atoms with Gasteiger partial charge in [-0.3, -0.25) is 49.2 Å². The molecule has 2 spiro atoms. The summed E-state index contributed by atoms with van der Waals surface area (Å²) in [6, 6.07) is 22.5. The number of phenols is 2. The number of piperidine rings is 2. The Bertz CT molecular complexity index is 3990. The minimum Gasteiger partial charge on any atom is -0.504 e. The van der Waals surface area contributed by atoms with E-state index < -0.39 is 64.8 Å². The number of quaternary nitrogens is 2. The molecule has 2 saturated heterocycles. The lowest BCUT2D eigenvalue weighted by Gasteiger charge is -2.60. The lowest BCUT2D eigenvalue weighted by atomic mass is 9.51. The first kappa shape index (κ1) is 80.0. The monoisotopic (exact) mass is 1460 g/mol. The van der Waals surface area contributed by atoms with Crippen LogP contribution in [0, 0.1) is 11.8 Å². The van der Waals surface area contributed by atoms with E-state index in [1.165, 1.54) is 16.0 Å². The minimum atomic E-state index is -1.00. The number of aliphatic imine (C=N–C) groups is 2. The quantitative estimate of drug-likeness (QED) is 0.0162. The molecule has 4 aromatic carbocycles. The Morgan fingerprint density at radius 3 is 1.42 bits per heavy atom. The van der Waals surface area contributed by atoms with Gasteiger partial charge < -0.3 is 75.2 Å². The molecule has 11 N–H and O–H groups in total. The van der Waals surface area contributed by atoms with Crippen LogP contribution in [0.3, 0.4) is 0 Å². The number of carbonyl (C=O) groups excluding carboxylic acids is 7. The maximum Gasteiger partial charge on any atom is 0.414 e. The second-order valence-electron chi connectivity index (χ2n) is 33.0. The standard InChI is InChI=1S/C46H64N6O10.C31H40N6O4.2FH/c1-43(2,3)60-40(56)48-31(13-12-23-47-39(49-41(57)61-44(4,5)6)50-42(58)62-45(7,8)9)38(55)51(10)29-17-14-27(15-18-29)26-52(11)24-22-46-30-19-21-34(54)37(46)59-36-33(53)20-16-28(35(36)46)25-32(30)52;1-36(29(40)22(32)4-3-14-35-30(33)34)20-8-5-18(6-9-20)17-37(2)15-13-31-21-10-12-25(39)28(31)41-27-24(38)11-7-19(26(27)31)16-23(21)37;;/h14-18,20,30-32,37H,12-13,19,21-26H2,1-11H3,(H3-,47,48,49,50,53,56,57,58);5-9,11,21-23,28H,3-4,10,12-17,32H2,1-2H3,(H4-,33,34,35,38);2*1H/p+2/t30-,31-,32+,37?,46-,52+;21-,22-,23+,28?,31-,37+;;/m00../s1. The number of phenolic OH excluding ortho intramolecular Hbond substituents is 2. The van der Waals surface area contributed by atoms with Crippen LogP contribution in [0.25, 0.3) is 0 Å². The molecule has 572 valence electrons. The topological polar surface area (TPSA) is 351 Å². The van der Waals surface area contributed by atoms with Crippen molar-refractivity contribution in [3.8, 4) is 23.0 Å². The van der Waals surface area contributed by atoms with Gasteiger partial charge in [-0.05, 0) is 148 Å². The molecule has 4 aliphatic heterocycles. The van der Waals surface area contributed by atoms with E-state index in [-0.39, 0.29) is 93.0 Å². The van der Waals surface area contributed by atoms with E-state index in [2.05, 4.69) is 52.2 Å². The fourth-order valence-electron chi connectivity index (χ4n) is 17.9. The highest BCUT2D eigenvalue weighted by molar-refractivity contribution is 6.02. The molecule has 4 aliphatic carbocycles. The van der Waals surface area contributed by atoms with Gasteiger partial charge >= 0.3 is 18.3 Å². The van der Waals surface area contributed by atoms with Gasteiger partial charge in [-0.1, -0.05) is 36.4 Å². The van der Waals surface area contributed by atoms with E-state index in [0.717, 1.165) is 102 Å². The summed E-state index contributed by atoms with van der Waals surface area (Å²) < 4.78 is 30.4. The number of nitrogens with one attached hydrogen (secondary N) is 3. The number of anilines is 2. The maximum absolute atomic E-state index is 14.1. The second-order valence-corrected chi connectivity index (χ2v) is 33.0. The van der Waals surface area contributed by atoms with Crippen molar-refractivity contribution in [1.29, 1.82) is 0 Å². The Hall–Kier alpha value is -9.15. The Morgan fingerprint density at radius 2 is 1.00 bits per heavy atom. The Kier molecular flexibility index (Phi) is 23.1. The molecule has 0 radical (unpaired) electrons. The van der Waals surface area contributed by atoms with Crippen LogP contribution in [-0.2, 0) is 70.1 Å². The van der Waals surface area contributed by atoms with Crippen LogP contribution in [0.5, 0.6) is 23.0 Å². The van der Waals surface area contributed by atoms with Crippen molar-refractivity contribution < 1.29 is 85.8 Å². The average Bonchev–Trinajstić information content (AvgIpc) is 1.60. The number of Topliss-reactive ketones (excluding diaryl/α,β-unsaturated/α-hetero) is 2. The second kappa shape index (κ2) is 30.4. The Morgan fingerprint density at radius 1 is 0.600 bits per heavy atom. The van der Waals surface area contributed by atoms with Gasteiger partial charge in [0, 0.05) is 111 Å². The van der Waals surface area contributed by atoms with E-state index in [0.29, 0.717) is 61.4 Å². The van der Waals surface area contributed by atoms with Crippen LogP contribution < -0.4 is 52.4 Å². The summed E-state index contributed by atoms with van der Waals surface area (Å²) in [6.45, 7) is 19.3. The predicted molar refractivity (Wildman–Crippen MR) is 394 cm³/mol. The van der Waals surface area contributed by atoms with Crippen LogP contribution in [0.15, 0.2) is 82.8 Å². The van der Waals surface area contributed by atoms with Crippen LogP contribution in [-0.4, -0.2) is 180 Å². The zero-order valence-electron chi connectivity index (χ0n) is 62.8. The molecule has 12 atom stereocenters. The van der Waals surface area contributed by atoms with Crippen molar-refractivity contribution in [2.24, 2.45) is 39.0 Å². The molecule has 26 nitrogen and oxygen atoms in total. The van der Waals surface area contributed by atoms with Crippen molar-refractivity contribution in [2.75, 3.05) is 64.2 Å². The molecule has 2 saturated carbocycles. The molecule has 8 aliphatic rings. The summed E-state index contributed by atoms with van der Waals surface area (Å²) in [6.07, 6.45) is 4.18. The zero-order chi connectivity index (χ0) is 74.7. The van der Waals surface area contributed by atoms with Gasteiger partial charge in [0.05, 0.1) is 56.1 Å². The van der Waals surface area contributed by atoms with E-state index >= 15 is 0 Å². The van der Waals surface area contributed by atoms with Gasteiger partial charge in [0.2, 0.25) is 17.8 Å². The highest BCUT2D eigenvalue weighted by Gasteiger charge is 2.71. The van der Waals surface area contributed by atoms with Crippen LogP contribution >= 0.6 is 0 Å². The molecule has 4 aromatic rings. The van der Waals surface area contributed by atoms with Crippen LogP contribution in [0.4, 0.5) is 35.2 Å². The molecule has 4 fully saturated rings. The molecule has 2 unspecified atom stereocenters. The molecule has 28 heteroatoms. The summed E-state index contributed by atoms with van der Waals surface area (Å²) in [5, 5.41) is 29.0. The smallest absolute Gasteiger partial charge is 0.414 e. The number of nitrogens with two attached hydrogens (primary N) is 3. The first-order valence-electron chi connectivity index (χ1n) is 36.2. The van der Waals surface area contributed by atoms with E-state index in [4.69, 9.17) is 40.9 Å². The molecular weight excluding hydrogens is 1350 g/mol. The minimum absolute atomic E-state index is 0. The number of amides is 5. The van der Waals surface area contributed by atoms with Gasteiger partial charge in [0.1, 0.15) is 35.9 Å². The Labute approximate surface area is 613 Å². The third kappa shape index (κ3) is 16.3. The average molecular weight is 1460 g/mol. The number of hydrogen-bond acceptors (Lipinski definition) is 17. The molecule has 105 heavy (non-hydrogen) atoms. The normalized spacial score (nSPS) is 25.8. The lowest BCUT2D eigenvalue weighted by Crippen LogP contribution is -2.71. The van der Waals surface area contributed by atoms with Crippen LogP contribution in [0.2, 0.25) is 0 Å². The SMILES string of the molecule is CN(C(=O)[C@@H](N)CCCN=C(N)N)c1ccc(C[N@@+]2(C)CC[C@]34c5c6ccc(O)c5OC3C(=O)CC[C@H]4[C@H]2C6)cc1.CN(C(=O)[C@H](CCCN=C(NC(=O)OC(C)(C)C)NC(=O)OC(C)(C)C)NC(=O)OC(C)(C)C)c1ccc(C[N@@+]2(C)CC[C@]34c5c6ccc(O)c5OC3C(=O)CC[C@H]4[C@H]2C6)cc1.F.F. The van der Waals surface area contributed by atoms with Crippen molar-refractivity contribution in [3.05, 3.63) is 106 Å². The maximum atomic E-state index is 14.1. The van der Waals surface area contributed by atoms with Gasteiger partial charge in [-0.2, -0.15) is 0 Å². The third-order valence-electron chi connectivity index (χ3n) is 22.4. The molecule has 4 heterocycles. The number of alkyl carbamates (subject to hydrolysis) is 3. The number of rotatable bonds is 17. The number of benzene rings is 4. The number of ether oxygens (including phenoxy) is 5. The van der Waals surface area contributed by atoms with E-state index in [9.17, 15) is 43.8 Å². The summed E-state index contributed by atoms with van der Waals surface area (Å²) in [7, 11) is 8.05. The number of likely N-dealkylation sites (N-methyl/N-ethyl adjacent to an activating group) is 4. The summed E-state index contributed by atoms with van der Waals surface area (Å²) >= 11 is 0. The molecule has 12 rings (SSSR count). The largest absolute Gasteiger partial charge is 0.504 e. The number of likely N-dealkylation sites (tertiary alicyclic amines) is 2. The number of guanidine groups is 2. The fraction of sp³-hybridized carbons (Fsp3) is 0.571. The number of hydrogen-bond donors (Lipinski definition) is 8. The molecular formula is C77H108F2N12O14+2. The van der Waals surface area contributed by atoms with E-state index in [1.807, 2.05) is 48.5 Å². The van der Waals surface area contributed by atoms with E-state index in [1.54, 1.807) is 93.4 Å². The zero-order valence-corrected chi connectivity index (χ0v) is 62.8. The van der Waals surface area contributed by atoms with Crippen molar-refractivity contribution in [3.63, 3.8) is 0 Å².